The van der Waals surface area contributed by atoms with Crippen LogP contribution >= 0.6 is 34.8 Å². The summed E-state index contributed by atoms with van der Waals surface area (Å²) in [6.45, 7) is 9.56. The van der Waals surface area contributed by atoms with Crippen LogP contribution in [0.25, 0.3) is 33.4 Å². The Morgan fingerprint density at radius 3 is 2.35 bits per heavy atom. The van der Waals surface area contributed by atoms with Gasteiger partial charge in [-0.2, -0.15) is 0 Å². The van der Waals surface area contributed by atoms with Gasteiger partial charge in [-0.1, -0.05) is 77.3 Å². The fourth-order valence-electron chi connectivity index (χ4n) is 8.16. The highest BCUT2D eigenvalue weighted by atomic mass is 35.5. The summed E-state index contributed by atoms with van der Waals surface area (Å²) in [4.78, 5) is 59.3. The number of carbonyl (C=O) groups is 3. The third kappa shape index (κ3) is 8.41. The zero-order valence-electron chi connectivity index (χ0n) is 33.7. The number of anilines is 2. The fraction of sp³-hybridized carbons (Fsp3) is 0.311. The number of amides is 3. The smallest absolute Gasteiger partial charge is 0.410 e. The maximum Gasteiger partial charge on any atom is 0.410 e. The molecule has 0 aliphatic carbocycles. The van der Waals surface area contributed by atoms with Crippen molar-refractivity contribution in [3.05, 3.63) is 118 Å². The number of pyridine rings is 1. The minimum atomic E-state index is -0.637. The Morgan fingerprint density at radius 2 is 1.63 bits per heavy atom. The number of H-pyrrole nitrogens is 1. The quantitative estimate of drug-likeness (QED) is 0.156. The molecule has 3 amide bonds. The fourth-order valence-corrected chi connectivity index (χ4v) is 8.90. The number of rotatable bonds is 8. The van der Waals surface area contributed by atoms with Crippen LogP contribution in [-0.2, 0) is 9.53 Å². The van der Waals surface area contributed by atoms with Gasteiger partial charge in [0.25, 0.3) is 5.91 Å². The lowest BCUT2D eigenvalue weighted by molar-refractivity contribution is -0.139. The van der Waals surface area contributed by atoms with Crippen molar-refractivity contribution in [2.45, 2.75) is 58.2 Å². The second kappa shape index (κ2) is 16.8. The number of aromatic amines is 1. The number of benzene rings is 3. The van der Waals surface area contributed by atoms with Crippen LogP contribution < -0.4 is 10.2 Å². The van der Waals surface area contributed by atoms with Crippen molar-refractivity contribution in [3.63, 3.8) is 0 Å². The first-order valence-electron chi connectivity index (χ1n) is 19.9. The van der Waals surface area contributed by atoms with Gasteiger partial charge < -0.3 is 29.4 Å². The van der Waals surface area contributed by atoms with Gasteiger partial charge in [-0.25, -0.2) is 14.8 Å². The molecule has 2 aliphatic rings. The lowest BCUT2D eigenvalue weighted by Gasteiger charge is -2.43. The highest BCUT2D eigenvalue weighted by molar-refractivity contribution is 6.35. The van der Waals surface area contributed by atoms with Crippen LogP contribution in [0.3, 0.4) is 0 Å². The molecule has 2 fully saturated rings. The van der Waals surface area contributed by atoms with Crippen LogP contribution in [0.15, 0.2) is 91.4 Å². The number of nitrogens with one attached hydrogen (secondary N) is 2. The zero-order chi connectivity index (χ0) is 42.3. The lowest BCUT2D eigenvalue weighted by Crippen LogP contribution is -2.57. The van der Waals surface area contributed by atoms with Gasteiger partial charge in [-0.3, -0.25) is 14.5 Å². The summed E-state index contributed by atoms with van der Waals surface area (Å²) in [5.41, 5.74) is 4.67. The van der Waals surface area contributed by atoms with E-state index in [1.54, 1.807) is 30.7 Å². The van der Waals surface area contributed by atoms with Crippen LogP contribution in [0.5, 0.6) is 0 Å². The van der Waals surface area contributed by atoms with Crippen molar-refractivity contribution < 1.29 is 19.1 Å². The second-order valence-electron chi connectivity index (χ2n) is 16.2. The summed E-state index contributed by atoms with van der Waals surface area (Å²) in [6.07, 6.45) is 4.42. The summed E-state index contributed by atoms with van der Waals surface area (Å²) >= 11 is 19.6. The number of ether oxygens (including phenoxy) is 1. The first kappa shape index (κ1) is 41.2. The van der Waals surface area contributed by atoms with Gasteiger partial charge in [0.2, 0.25) is 5.91 Å². The SMILES string of the molecule is CC(c1ccc(Cl)cc1Cl)n1cnc(-c2ccccc2)c1-c1c(C(=O)Nc2cccnc2N2CCC(N3CCN(C(=O)OC(C)(C)C)CC3=O)CC2)[nH]c2cc(Cl)ccc12. The van der Waals surface area contributed by atoms with Crippen LogP contribution in [0.2, 0.25) is 15.1 Å². The van der Waals surface area contributed by atoms with Gasteiger partial charge in [0.05, 0.1) is 29.4 Å². The molecule has 2 aliphatic heterocycles. The topological polar surface area (TPSA) is 129 Å². The summed E-state index contributed by atoms with van der Waals surface area (Å²) < 4.78 is 7.53. The molecule has 0 radical (unpaired) electrons. The number of carbonyl (C=O) groups excluding carboxylic acids is 3. The monoisotopic (exact) mass is 866 g/mol. The van der Waals surface area contributed by atoms with E-state index in [2.05, 4.69) is 15.2 Å². The van der Waals surface area contributed by atoms with E-state index in [4.69, 9.17) is 49.5 Å². The van der Waals surface area contributed by atoms with Crippen molar-refractivity contribution in [2.75, 3.05) is 42.9 Å². The molecule has 1 atom stereocenters. The van der Waals surface area contributed by atoms with E-state index >= 15 is 0 Å². The minimum Gasteiger partial charge on any atom is -0.444 e. The van der Waals surface area contributed by atoms with E-state index in [1.807, 2.05) is 97.8 Å². The summed E-state index contributed by atoms with van der Waals surface area (Å²) in [6, 6.07) is 24.2. The van der Waals surface area contributed by atoms with Crippen LogP contribution in [0.4, 0.5) is 16.3 Å². The Kier molecular flexibility index (Phi) is 11.6. The number of piperidine rings is 1. The first-order chi connectivity index (χ1) is 28.8. The third-order valence-corrected chi connectivity index (χ3v) is 11.8. The van der Waals surface area contributed by atoms with Gasteiger partial charge in [-0.05, 0) is 82.5 Å². The molecule has 310 valence electrons. The maximum atomic E-state index is 14.8. The lowest BCUT2D eigenvalue weighted by atomic mass is 9.99. The molecule has 3 aromatic carbocycles. The van der Waals surface area contributed by atoms with E-state index in [0.717, 1.165) is 16.5 Å². The average molecular weight is 868 g/mol. The second-order valence-corrected chi connectivity index (χ2v) is 17.4. The number of halogens is 3. The highest BCUT2D eigenvalue weighted by Crippen LogP contribution is 2.42. The number of imidazole rings is 1. The average Bonchev–Trinajstić information content (AvgIpc) is 3.82. The van der Waals surface area contributed by atoms with E-state index in [1.165, 1.54) is 4.90 Å². The van der Waals surface area contributed by atoms with E-state index in [0.29, 0.717) is 93.8 Å². The van der Waals surface area contributed by atoms with Crippen LogP contribution in [-0.4, -0.2) is 91.6 Å². The Hall–Kier alpha value is -5.56. The number of nitrogens with zero attached hydrogens (tertiary/aromatic N) is 6. The molecule has 1 unspecified atom stereocenters. The summed E-state index contributed by atoms with van der Waals surface area (Å²) in [5.74, 6) is 0.167. The van der Waals surface area contributed by atoms with Crippen LogP contribution in [0.1, 0.15) is 62.6 Å². The molecule has 0 bridgehead atoms. The Labute approximate surface area is 363 Å². The molecule has 6 aromatic rings. The molecule has 60 heavy (non-hydrogen) atoms. The molecule has 2 N–H and O–H groups in total. The van der Waals surface area contributed by atoms with E-state index in [9.17, 15) is 14.4 Å². The normalized spacial score (nSPS) is 15.7. The zero-order valence-corrected chi connectivity index (χ0v) is 36.0. The Balaban J connectivity index is 1.09. The molecule has 15 heteroatoms. The molecule has 8 rings (SSSR count). The van der Waals surface area contributed by atoms with Crippen molar-refractivity contribution in [1.82, 2.24) is 29.3 Å². The van der Waals surface area contributed by atoms with Crippen LogP contribution in [0, 0.1) is 0 Å². The maximum absolute atomic E-state index is 14.8. The van der Waals surface area contributed by atoms with Gasteiger partial charge in [0.15, 0.2) is 5.82 Å². The molecular formula is C45H45Cl3N8O4. The predicted octanol–water partition coefficient (Wildman–Crippen LogP) is 9.96. The molecule has 2 saturated heterocycles. The van der Waals surface area contributed by atoms with Crippen molar-refractivity contribution >= 4 is 75.1 Å². The summed E-state index contributed by atoms with van der Waals surface area (Å²) in [7, 11) is 0. The van der Waals surface area contributed by atoms with E-state index < -0.39 is 11.7 Å². The number of hydrogen-bond donors (Lipinski definition) is 2. The summed E-state index contributed by atoms with van der Waals surface area (Å²) in [5, 5.41) is 5.53. The van der Waals surface area contributed by atoms with Crippen molar-refractivity contribution in [3.8, 4) is 22.5 Å². The molecular weight excluding hydrogens is 823 g/mol. The molecule has 0 spiro atoms. The number of piperazine rings is 1. The largest absolute Gasteiger partial charge is 0.444 e. The van der Waals surface area contributed by atoms with Gasteiger partial charge in [0.1, 0.15) is 17.8 Å². The molecule has 0 saturated carbocycles. The van der Waals surface area contributed by atoms with Crippen molar-refractivity contribution in [2.24, 2.45) is 0 Å². The third-order valence-electron chi connectivity index (χ3n) is 11.0. The Morgan fingerprint density at radius 1 is 0.900 bits per heavy atom. The van der Waals surface area contributed by atoms with Gasteiger partial charge in [-0.15, -0.1) is 0 Å². The predicted molar refractivity (Wildman–Crippen MR) is 237 cm³/mol. The number of hydrogen-bond acceptors (Lipinski definition) is 7. The number of aromatic nitrogens is 4. The molecule has 5 heterocycles. The van der Waals surface area contributed by atoms with Gasteiger partial charge in [0, 0.05) is 75.5 Å². The number of fused-ring (bicyclic) bond motifs is 1. The first-order valence-corrected chi connectivity index (χ1v) is 21.1. The molecule has 12 nitrogen and oxygen atoms in total. The Bertz CT molecular complexity index is 2580. The van der Waals surface area contributed by atoms with Gasteiger partial charge >= 0.3 is 6.09 Å². The molecule has 3 aromatic heterocycles. The van der Waals surface area contributed by atoms with E-state index in [-0.39, 0.29) is 30.4 Å². The standard InChI is InChI=1S/C45H45Cl3N8O4/c1-27(32-14-12-29(46)23-34(32)48)56-26-50-39(28-9-6-5-7-10-28)41(56)38-33-15-13-30(47)24-36(33)51-40(38)43(58)52-35-11-8-18-49-42(35)53-19-16-31(17-20-53)55-22-21-54(25-37(55)57)44(59)60-45(2,3)4/h5-15,18,23-24,26-27,31,51H,16-17,19-22,25H2,1-4H3,(H,52,58). The highest BCUT2D eigenvalue weighted by Gasteiger charge is 2.36. The minimum absolute atomic E-state index is 0.00505. The van der Waals surface area contributed by atoms with Crippen molar-refractivity contribution in [1.29, 1.82) is 0 Å².